The molecule has 1 aromatic rings. The Hall–Kier alpha value is -0.880. The molecule has 0 saturated carbocycles. The van der Waals surface area contributed by atoms with Gasteiger partial charge in [0.15, 0.2) is 0 Å². The van der Waals surface area contributed by atoms with Crippen LogP contribution in [0.5, 0.6) is 0 Å². The van der Waals surface area contributed by atoms with E-state index in [0.717, 1.165) is 5.56 Å². The first-order chi connectivity index (χ1) is 8.05. The van der Waals surface area contributed by atoms with Crippen LogP contribution in [0, 0.1) is 0 Å². The molecule has 0 aliphatic carbocycles. The maximum absolute atomic E-state index is 11.5. The first kappa shape index (κ1) is 17.1. The summed E-state index contributed by atoms with van der Waals surface area (Å²) in [5, 5.41) is 0. The SMILES string of the molecule is C=CCCS(=O)(=O)NCC(N)c1ccccc1.Cl. The average molecular weight is 291 g/mol. The van der Waals surface area contributed by atoms with E-state index in [1.807, 2.05) is 30.3 Å². The molecule has 0 bridgehead atoms. The molecule has 0 fully saturated rings. The molecule has 102 valence electrons. The predicted molar refractivity (Wildman–Crippen MR) is 77.2 cm³/mol. The van der Waals surface area contributed by atoms with Crippen LogP contribution in [0.3, 0.4) is 0 Å². The van der Waals surface area contributed by atoms with E-state index in [0.29, 0.717) is 6.42 Å². The van der Waals surface area contributed by atoms with Gasteiger partial charge in [0.25, 0.3) is 0 Å². The summed E-state index contributed by atoms with van der Waals surface area (Å²) >= 11 is 0. The Balaban J connectivity index is 0.00000289. The third kappa shape index (κ3) is 6.16. The van der Waals surface area contributed by atoms with Crippen LogP contribution in [0.4, 0.5) is 0 Å². The lowest BCUT2D eigenvalue weighted by atomic mass is 10.1. The normalized spacial score (nSPS) is 12.5. The Morgan fingerprint density at radius 1 is 1.33 bits per heavy atom. The van der Waals surface area contributed by atoms with Gasteiger partial charge in [-0.2, -0.15) is 0 Å². The van der Waals surface area contributed by atoms with Gasteiger partial charge in [-0.05, 0) is 12.0 Å². The van der Waals surface area contributed by atoms with Gasteiger partial charge in [0.1, 0.15) is 0 Å². The van der Waals surface area contributed by atoms with Gasteiger partial charge in [-0.1, -0.05) is 36.4 Å². The molecule has 18 heavy (non-hydrogen) atoms. The molecule has 1 rings (SSSR count). The monoisotopic (exact) mass is 290 g/mol. The lowest BCUT2D eigenvalue weighted by Crippen LogP contribution is -2.33. The minimum atomic E-state index is -3.25. The number of nitrogens with one attached hydrogen (secondary N) is 1. The summed E-state index contributed by atoms with van der Waals surface area (Å²) in [5.41, 5.74) is 6.80. The zero-order chi connectivity index (χ0) is 12.7. The molecule has 4 nitrogen and oxygen atoms in total. The van der Waals surface area contributed by atoms with E-state index in [2.05, 4.69) is 11.3 Å². The van der Waals surface area contributed by atoms with Gasteiger partial charge >= 0.3 is 0 Å². The molecule has 0 spiro atoms. The summed E-state index contributed by atoms with van der Waals surface area (Å²) < 4.78 is 25.5. The summed E-state index contributed by atoms with van der Waals surface area (Å²) in [7, 11) is -3.25. The van der Waals surface area contributed by atoms with Crippen molar-refractivity contribution < 1.29 is 8.42 Å². The average Bonchev–Trinajstić information content (AvgIpc) is 2.35. The quantitative estimate of drug-likeness (QED) is 0.749. The minimum absolute atomic E-state index is 0. The molecule has 0 amide bonds. The van der Waals surface area contributed by atoms with Crippen molar-refractivity contribution in [2.75, 3.05) is 12.3 Å². The van der Waals surface area contributed by atoms with Crippen LogP contribution in [0.2, 0.25) is 0 Å². The third-order valence-corrected chi connectivity index (χ3v) is 3.72. The third-order valence-electron chi connectivity index (χ3n) is 2.34. The molecule has 6 heteroatoms. The van der Waals surface area contributed by atoms with Gasteiger partial charge < -0.3 is 5.73 Å². The van der Waals surface area contributed by atoms with E-state index in [-0.39, 0.29) is 30.7 Å². The summed E-state index contributed by atoms with van der Waals surface area (Å²) in [6.07, 6.45) is 2.02. The number of hydrogen-bond donors (Lipinski definition) is 2. The number of halogens is 1. The van der Waals surface area contributed by atoms with Crippen molar-refractivity contribution in [3.8, 4) is 0 Å². The number of rotatable bonds is 7. The van der Waals surface area contributed by atoms with Crippen molar-refractivity contribution in [3.05, 3.63) is 48.6 Å². The Morgan fingerprint density at radius 2 is 1.94 bits per heavy atom. The number of sulfonamides is 1. The summed E-state index contributed by atoms with van der Waals surface area (Å²) in [6, 6.07) is 9.08. The molecule has 1 unspecified atom stereocenters. The van der Waals surface area contributed by atoms with Gasteiger partial charge in [-0.3, -0.25) is 0 Å². The van der Waals surface area contributed by atoms with Crippen LogP contribution < -0.4 is 10.5 Å². The van der Waals surface area contributed by atoms with Gasteiger partial charge in [-0.25, -0.2) is 13.1 Å². The van der Waals surface area contributed by atoms with Crippen molar-refractivity contribution in [1.82, 2.24) is 4.72 Å². The van der Waals surface area contributed by atoms with E-state index in [1.165, 1.54) is 0 Å². The maximum Gasteiger partial charge on any atom is 0.211 e. The zero-order valence-electron chi connectivity index (χ0n) is 10.1. The van der Waals surface area contributed by atoms with E-state index in [9.17, 15) is 8.42 Å². The highest BCUT2D eigenvalue weighted by molar-refractivity contribution is 7.89. The fourth-order valence-electron chi connectivity index (χ4n) is 1.35. The smallest absolute Gasteiger partial charge is 0.211 e. The standard InChI is InChI=1S/C12H18N2O2S.ClH/c1-2-3-9-17(15,16)14-10-12(13)11-7-5-4-6-8-11;/h2,4-8,12,14H,1,3,9-10,13H2;1H. The lowest BCUT2D eigenvalue weighted by molar-refractivity contribution is 0.572. The van der Waals surface area contributed by atoms with E-state index < -0.39 is 10.0 Å². The van der Waals surface area contributed by atoms with E-state index in [1.54, 1.807) is 6.08 Å². The van der Waals surface area contributed by atoms with Crippen molar-refractivity contribution in [2.45, 2.75) is 12.5 Å². The molecule has 1 aromatic carbocycles. The predicted octanol–water partition coefficient (Wildman–Crippen LogP) is 1.60. The Kier molecular flexibility index (Phi) is 7.86. The van der Waals surface area contributed by atoms with Crippen molar-refractivity contribution in [3.63, 3.8) is 0 Å². The highest BCUT2D eigenvalue weighted by Gasteiger charge is 2.12. The van der Waals surface area contributed by atoms with Gasteiger partial charge in [0, 0.05) is 12.6 Å². The van der Waals surface area contributed by atoms with Gasteiger partial charge in [-0.15, -0.1) is 19.0 Å². The first-order valence-electron chi connectivity index (χ1n) is 5.44. The second-order valence-electron chi connectivity index (χ2n) is 3.76. The fourth-order valence-corrected chi connectivity index (χ4v) is 2.40. The largest absolute Gasteiger partial charge is 0.323 e. The van der Waals surface area contributed by atoms with E-state index in [4.69, 9.17) is 5.73 Å². The highest BCUT2D eigenvalue weighted by Crippen LogP contribution is 2.08. The van der Waals surface area contributed by atoms with Crippen molar-refractivity contribution in [1.29, 1.82) is 0 Å². The highest BCUT2D eigenvalue weighted by atomic mass is 35.5. The molecule has 1 atom stereocenters. The molecule has 0 radical (unpaired) electrons. The Morgan fingerprint density at radius 3 is 2.50 bits per heavy atom. The molecular weight excluding hydrogens is 272 g/mol. The Bertz CT molecular complexity index is 448. The maximum atomic E-state index is 11.5. The summed E-state index contributed by atoms with van der Waals surface area (Å²) in [5.74, 6) is 0.0536. The minimum Gasteiger partial charge on any atom is -0.323 e. The van der Waals surface area contributed by atoms with Crippen molar-refractivity contribution >= 4 is 22.4 Å². The molecule has 0 heterocycles. The summed E-state index contributed by atoms with van der Waals surface area (Å²) in [6.45, 7) is 3.70. The van der Waals surface area contributed by atoms with Crippen LogP contribution in [0.15, 0.2) is 43.0 Å². The topological polar surface area (TPSA) is 72.2 Å². The number of benzene rings is 1. The molecule has 0 aliphatic rings. The zero-order valence-corrected chi connectivity index (χ0v) is 11.7. The Labute approximate surface area is 115 Å². The van der Waals surface area contributed by atoms with Gasteiger partial charge in [0.2, 0.25) is 10.0 Å². The van der Waals surface area contributed by atoms with Crippen LogP contribution in [-0.2, 0) is 10.0 Å². The molecule has 0 aromatic heterocycles. The molecular formula is C12H19ClN2O2S. The molecule has 0 saturated heterocycles. The number of hydrogen-bond acceptors (Lipinski definition) is 3. The second kappa shape index (κ2) is 8.26. The fraction of sp³-hybridized carbons (Fsp3) is 0.333. The lowest BCUT2D eigenvalue weighted by Gasteiger charge is -2.13. The van der Waals surface area contributed by atoms with Crippen LogP contribution in [-0.4, -0.2) is 20.7 Å². The van der Waals surface area contributed by atoms with Crippen LogP contribution in [0.25, 0.3) is 0 Å². The van der Waals surface area contributed by atoms with Crippen molar-refractivity contribution in [2.24, 2.45) is 5.73 Å². The number of nitrogens with two attached hydrogens (primary N) is 1. The van der Waals surface area contributed by atoms with E-state index >= 15 is 0 Å². The number of allylic oxidation sites excluding steroid dienone is 1. The van der Waals surface area contributed by atoms with Crippen LogP contribution in [0.1, 0.15) is 18.0 Å². The summed E-state index contributed by atoms with van der Waals surface area (Å²) in [4.78, 5) is 0. The van der Waals surface area contributed by atoms with Gasteiger partial charge in [0.05, 0.1) is 5.75 Å². The first-order valence-corrected chi connectivity index (χ1v) is 7.09. The molecule has 0 aliphatic heterocycles. The molecule has 3 N–H and O–H groups in total. The van der Waals surface area contributed by atoms with Crippen LogP contribution >= 0.6 is 12.4 Å². The second-order valence-corrected chi connectivity index (χ2v) is 5.69.